The molecule has 2 heterocycles. The topological polar surface area (TPSA) is 71.4 Å². The van der Waals surface area contributed by atoms with Gasteiger partial charge < -0.3 is 14.4 Å². The van der Waals surface area contributed by atoms with E-state index in [2.05, 4.69) is 32.0 Å². The number of nitrogens with zero attached hydrogens (tertiary/aromatic N) is 3. The number of ether oxygens (including phenoxy) is 2. The Hall–Kier alpha value is -3.35. The number of fused-ring (bicyclic) bond motifs is 1. The Morgan fingerprint density at radius 2 is 1.79 bits per heavy atom. The largest absolute Gasteiger partial charge is 0.454 e. The molecule has 0 unspecified atom stereocenters. The maximum absolute atomic E-state index is 13.5. The van der Waals surface area contributed by atoms with Crippen LogP contribution < -0.4 is 9.47 Å². The number of rotatable bonds is 5. The van der Waals surface area contributed by atoms with Crippen LogP contribution in [0.25, 0.3) is 0 Å². The summed E-state index contributed by atoms with van der Waals surface area (Å²) < 4.78 is 11.0. The number of hydrazone groups is 1. The van der Waals surface area contributed by atoms with Crippen LogP contribution in [0.1, 0.15) is 60.4 Å². The van der Waals surface area contributed by atoms with E-state index in [0.29, 0.717) is 17.9 Å². The van der Waals surface area contributed by atoms with Crippen LogP contribution in [0.4, 0.5) is 0 Å². The normalized spacial score (nSPS) is 19.4. The van der Waals surface area contributed by atoms with Gasteiger partial charge >= 0.3 is 0 Å². The molecule has 1 saturated carbocycles. The fourth-order valence-corrected chi connectivity index (χ4v) is 5.05. The minimum absolute atomic E-state index is 0.0140. The van der Waals surface area contributed by atoms with E-state index < -0.39 is 0 Å². The third-order valence-electron chi connectivity index (χ3n) is 7.24. The van der Waals surface area contributed by atoms with E-state index in [-0.39, 0.29) is 37.1 Å². The summed E-state index contributed by atoms with van der Waals surface area (Å²) in [6.07, 6.45) is 4.58. The number of carbonyl (C=O) groups excluding carboxylic acids is 2. The molecule has 0 saturated heterocycles. The number of carbonyl (C=O) groups is 2. The van der Waals surface area contributed by atoms with Gasteiger partial charge in [-0.15, -0.1) is 0 Å². The molecule has 2 amide bonds. The molecular weight excluding hydrogens is 430 g/mol. The molecule has 2 aliphatic heterocycles. The van der Waals surface area contributed by atoms with E-state index in [9.17, 15) is 9.59 Å². The molecule has 2 aromatic carbocycles. The Balaban J connectivity index is 1.42. The minimum atomic E-state index is -0.270. The molecule has 0 bridgehead atoms. The van der Waals surface area contributed by atoms with E-state index in [1.807, 2.05) is 18.2 Å². The Morgan fingerprint density at radius 1 is 1.03 bits per heavy atom. The first kappa shape index (κ1) is 22.4. The van der Waals surface area contributed by atoms with Gasteiger partial charge in [0.05, 0.1) is 11.8 Å². The second-order valence-electron chi connectivity index (χ2n) is 9.59. The highest BCUT2D eigenvalue weighted by Crippen LogP contribution is 2.39. The Bertz CT molecular complexity index is 1150. The van der Waals surface area contributed by atoms with Crippen LogP contribution in [0.15, 0.2) is 41.5 Å². The van der Waals surface area contributed by atoms with E-state index in [0.717, 1.165) is 42.5 Å². The molecule has 1 aliphatic carbocycles. The van der Waals surface area contributed by atoms with Crippen molar-refractivity contribution in [3.8, 4) is 11.5 Å². The van der Waals surface area contributed by atoms with Gasteiger partial charge in [0.25, 0.3) is 5.91 Å². The third kappa shape index (κ3) is 4.27. The van der Waals surface area contributed by atoms with Crippen LogP contribution in [-0.4, -0.2) is 47.8 Å². The smallest absolute Gasteiger partial charge is 0.262 e. The van der Waals surface area contributed by atoms with Crippen molar-refractivity contribution >= 4 is 17.5 Å². The number of hydrogen-bond donors (Lipinski definition) is 0. The van der Waals surface area contributed by atoms with E-state index in [4.69, 9.17) is 14.6 Å². The van der Waals surface area contributed by atoms with Gasteiger partial charge in [-0.3, -0.25) is 9.59 Å². The molecule has 5 rings (SSSR count). The highest BCUT2D eigenvalue weighted by molar-refractivity contribution is 6.03. The van der Waals surface area contributed by atoms with Crippen LogP contribution >= 0.6 is 0 Å². The summed E-state index contributed by atoms with van der Waals surface area (Å²) in [6, 6.07) is 11.8. The summed E-state index contributed by atoms with van der Waals surface area (Å²) >= 11 is 0. The lowest BCUT2D eigenvalue weighted by Gasteiger charge is -2.26. The van der Waals surface area contributed by atoms with Crippen LogP contribution in [0.3, 0.4) is 0 Å². The average molecular weight is 462 g/mol. The maximum atomic E-state index is 13.5. The highest BCUT2D eigenvalue weighted by atomic mass is 16.7. The van der Waals surface area contributed by atoms with E-state index >= 15 is 0 Å². The fourth-order valence-electron chi connectivity index (χ4n) is 5.05. The van der Waals surface area contributed by atoms with Crippen molar-refractivity contribution in [3.63, 3.8) is 0 Å². The van der Waals surface area contributed by atoms with Crippen LogP contribution in [-0.2, 0) is 9.59 Å². The second kappa shape index (κ2) is 9.12. The van der Waals surface area contributed by atoms with Crippen molar-refractivity contribution in [2.24, 2.45) is 11.0 Å². The van der Waals surface area contributed by atoms with E-state index in [1.54, 1.807) is 17.0 Å². The molecule has 3 aliphatic rings. The fraction of sp³-hybridized carbons (Fsp3) is 0.444. The number of aryl methyl sites for hydroxylation is 2. The van der Waals surface area contributed by atoms with Crippen molar-refractivity contribution in [2.45, 2.75) is 52.0 Å². The molecule has 7 nitrogen and oxygen atoms in total. The quantitative estimate of drug-likeness (QED) is 0.663. The lowest BCUT2D eigenvalue weighted by atomic mass is 9.96. The highest BCUT2D eigenvalue weighted by Gasteiger charge is 2.35. The number of likely N-dealkylation sites (N-methyl/N-ethyl adjacent to an activating group) is 1. The molecule has 0 radical (unpaired) electrons. The maximum Gasteiger partial charge on any atom is 0.262 e. The van der Waals surface area contributed by atoms with Crippen LogP contribution in [0.2, 0.25) is 0 Å². The van der Waals surface area contributed by atoms with Crippen molar-refractivity contribution in [3.05, 3.63) is 58.7 Å². The summed E-state index contributed by atoms with van der Waals surface area (Å²) in [4.78, 5) is 27.8. The second-order valence-corrected chi connectivity index (χ2v) is 9.59. The zero-order valence-electron chi connectivity index (χ0n) is 20.0. The van der Waals surface area contributed by atoms with Gasteiger partial charge in [0.2, 0.25) is 12.7 Å². The first-order valence-electron chi connectivity index (χ1n) is 12.0. The minimum Gasteiger partial charge on any atom is -0.454 e. The van der Waals surface area contributed by atoms with Crippen LogP contribution in [0.5, 0.6) is 11.5 Å². The van der Waals surface area contributed by atoms with Gasteiger partial charge in [0, 0.05) is 19.4 Å². The Kier molecular flexibility index (Phi) is 6.02. The monoisotopic (exact) mass is 461 g/mol. The van der Waals surface area contributed by atoms with Gasteiger partial charge in [0.1, 0.15) is 6.54 Å². The Labute approximate surface area is 200 Å². The molecule has 0 aromatic heterocycles. The zero-order chi connectivity index (χ0) is 23.8. The van der Waals surface area contributed by atoms with Crippen molar-refractivity contribution in [1.29, 1.82) is 0 Å². The van der Waals surface area contributed by atoms with Crippen LogP contribution in [0, 0.1) is 19.8 Å². The molecule has 7 heteroatoms. The van der Waals surface area contributed by atoms with Crippen molar-refractivity contribution in [1.82, 2.24) is 9.91 Å². The molecule has 1 fully saturated rings. The van der Waals surface area contributed by atoms with Crippen molar-refractivity contribution in [2.75, 3.05) is 20.4 Å². The van der Waals surface area contributed by atoms with Gasteiger partial charge in [-0.2, -0.15) is 5.10 Å². The lowest BCUT2D eigenvalue weighted by molar-refractivity contribution is -0.142. The van der Waals surface area contributed by atoms with E-state index in [1.165, 1.54) is 11.1 Å². The predicted octanol–water partition coefficient (Wildman–Crippen LogP) is 4.36. The standard InChI is InChI=1S/C27H31N3O4/c1-17-8-9-20(12-18(17)2)22-14-23(21-10-11-24-25(13-21)34-16-33-24)30(28-22)26(31)15-29(3)27(32)19-6-4-5-7-19/h8-13,19,23H,4-7,14-16H2,1-3H3/t23-/m1/s1. The van der Waals surface area contributed by atoms with Gasteiger partial charge in [-0.25, -0.2) is 5.01 Å². The summed E-state index contributed by atoms with van der Waals surface area (Å²) in [6.45, 7) is 4.37. The lowest BCUT2D eigenvalue weighted by Crippen LogP contribution is -2.41. The van der Waals surface area contributed by atoms with Gasteiger partial charge in [-0.1, -0.05) is 31.0 Å². The molecular formula is C27H31N3O4. The van der Waals surface area contributed by atoms with Crippen molar-refractivity contribution < 1.29 is 19.1 Å². The first-order valence-corrected chi connectivity index (χ1v) is 12.0. The summed E-state index contributed by atoms with van der Waals surface area (Å²) in [7, 11) is 1.72. The molecule has 0 N–H and O–H groups in total. The summed E-state index contributed by atoms with van der Waals surface area (Å²) in [5.74, 6) is 1.30. The number of benzene rings is 2. The molecule has 1 atom stereocenters. The summed E-state index contributed by atoms with van der Waals surface area (Å²) in [5.41, 5.74) is 5.22. The molecule has 2 aromatic rings. The SMILES string of the molecule is Cc1ccc(C2=NN(C(=O)CN(C)C(=O)C3CCCC3)[C@@H](c3ccc4c(c3)OCO4)C2)cc1C. The first-order chi connectivity index (χ1) is 16.4. The molecule has 34 heavy (non-hydrogen) atoms. The van der Waals surface area contributed by atoms with Gasteiger partial charge in [-0.05, 0) is 67.1 Å². The predicted molar refractivity (Wildman–Crippen MR) is 129 cm³/mol. The molecule has 0 spiro atoms. The molecule has 178 valence electrons. The zero-order valence-corrected chi connectivity index (χ0v) is 20.0. The number of amides is 2. The number of hydrogen-bond acceptors (Lipinski definition) is 5. The summed E-state index contributed by atoms with van der Waals surface area (Å²) in [5, 5.41) is 6.34. The van der Waals surface area contributed by atoms with Gasteiger partial charge in [0.15, 0.2) is 11.5 Å². The third-order valence-corrected chi connectivity index (χ3v) is 7.24. The average Bonchev–Trinajstić information content (AvgIpc) is 3.60. The Morgan fingerprint density at radius 3 is 2.56 bits per heavy atom.